The van der Waals surface area contributed by atoms with Gasteiger partial charge in [-0.3, -0.25) is 14.4 Å². The molecule has 1 saturated carbocycles. The monoisotopic (exact) mass is 501 g/mol. The van der Waals surface area contributed by atoms with Gasteiger partial charge in [-0.05, 0) is 59.1 Å². The number of pyridine rings is 2. The molecular formula is C26H20BrN3O3. The van der Waals surface area contributed by atoms with E-state index in [9.17, 15) is 14.4 Å². The first-order chi connectivity index (χ1) is 16.0. The van der Waals surface area contributed by atoms with Crippen molar-refractivity contribution in [1.29, 1.82) is 0 Å². The first kappa shape index (κ1) is 21.3. The summed E-state index contributed by atoms with van der Waals surface area (Å²) in [4.78, 5) is 44.1. The molecule has 0 radical (unpaired) electrons. The van der Waals surface area contributed by atoms with Gasteiger partial charge in [-0.1, -0.05) is 36.4 Å². The van der Waals surface area contributed by atoms with Gasteiger partial charge < -0.3 is 9.88 Å². The molecule has 0 bridgehead atoms. The van der Waals surface area contributed by atoms with Gasteiger partial charge in [0.05, 0.1) is 28.9 Å². The summed E-state index contributed by atoms with van der Waals surface area (Å²) in [5, 5.41) is 3.37. The van der Waals surface area contributed by atoms with E-state index in [0.717, 1.165) is 18.5 Å². The molecule has 0 spiro atoms. The second-order valence-electron chi connectivity index (χ2n) is 8.09. The fourth-order valence-corrected chi connectivity index (χ4v) is 4.25. The third-order valence-corrected chi connectivity index (χ3v) is 6.11. The van der Waals surface area contributed by atoms with Gasteiger partial charge in [-0.25, -0.2) is 4.98 Å². The zero-order valence-electron chi connectivity index (χ0n) is 17.6. The fraction of sp³-hybridized carbons (Fsp3) is 0.154. The molecular weight excluding hydrogens is 482 g/mol. The van der Waals surface area contributed by atoms with Crippen LogP contribution in [-0.4, -0.2) is 27.3 Å². The lowest BCUT2D eigenvalue weighted by atomic mass is 9.97. The molecule has 0 aliphatic heterocycles. The van der Waals surface area contributed by atoms with Crippen LogP contribution in [0.3, 0.4) is 0 Å². The third kappa shape index (κ3) is 4.36. The van der Waals surface area contributed by atoms with Gasteiger partial charge in [0, 0.05) is 23.2 Å². The lowest BCUT2D eigenvalue weighted by Crippen LogP contribution is -2.28. The average Bonchev–Trinajstić information content (AvgIpc) is 3.64. The molecule has 1 amide bonds. The molecule has 0 atom stereocenters. The van der Waals surface area contributed by atoms with Crippen LogP contribution in [0.25, 0.3) is 10.9 Å². The van der Waals surface area contributed by atoms with Gasteiger partial charge >= 0.3 is 0 Å². The standard InChI is InChI=1S/C26H20BrN3O3/c27-23-11-5-6-17(28-23)14-30-15-21(25(32)20-9-3-4-10-22(20)30)24(31)18-7-1-2-8-19(18)26(33)29-16-12-13-16/h1-11,15-16H,12-14H2,(H,29,33). The Kier molecular flexibility index (Phi) is 5.64. The minimum Gasteiger partial charge on any atom is -0.349 e. The lowest BCUT2D eigenvalue weighted by Gasteiger charge is -2.14. The number of hydrogen-bond acceptors (Lipinski definition) is 4. The predicted molar refractivity (Wildman–Crippen MR) is 130 cm³/mol. The van der Waals surface area contributed by atoms with Crippen LogP contribution in [-0.2, 0) is 6.54 Å². The van der Waals surface area contributed by atoms with E-state index in [1.54, 1.807) is 42.6 Å². The number of nitrogens with one attached hydrogen (secondary N) is 1. The van der Waals surface area contributed by atoms with Crippen LogP contribution in [0.15, 0.2) is 82.3 Å². The SMILES string of the molecule is O=C(NC1CC1)c1ccccc1C(=O)c1cn(Cc2cccc(Br)n2)c2ccccc2c1=O. The van der Waals surface area contributed by atoms with Crippen LogP contribution in [0.4, 0.5) is 0 Å². The number of benzene rings is 2. The highest BCUT2D eigenvalue weighted by molar-refractivity contribution is 9.10. The topological polar surface area (TPSA) is 81.1 Å². The maximum absolute atomic E-state index is 13.6. The van der Waals surface area contributed by atoms with E-state index in [2.05, 4.69) is 26.2 Å². The number of halogens is 1. The van der Waals surface area contributed by atoms with Crippen LogP contribution < -0.4 is 10.7 Å². The molecule has 0 saturated heterocycles. The maximum atomic E-state index is 13.6. The normalized spacial score (nSPS) is 13.1. The number of ketones is 1. The Bertz CT molecular complexity index is 1460. The average molecular weight is 502 g/mol. The van der Waals surface area contributed by atoms with E-state index in [1.807, 2.05) is 34.9 Å². The summed E-state index contributed by atoms with van der Waals surface area (Å²) < 4.78 is 2.56. The van der Waals surface area contributed by atoms with E-state index >= 15 is 0 Å². The summed E-state index contributed by atoms with van der Waals surface area (Å²) in [6, 6.07) is 19.6. The predicted octanol–water partition coefficient (Wildman–Crippen LogP) is 4.33. The van der Waals surface area contributed by atoms with Gasteiger partial charge in [0.15, 0.2) is 5.78 Å². The maximum Gasteiger partial charge on any atom is 0.252 e. The number of aromatic nitrogens is 2. The number of rotatable bonds is 6. The summed E-state index contributed by atoms with van der Waals surface area (Å²) in [5.74, 6) is -0.760. The Morgan fingerprint density at radius 3 is 2.42 bits per heavy atom. The summed E-state index contributed by atoms with van der Waals surface area (Å²) in [5.41, 5.74) is 1.65. The number of carbonyl (C=O) groups is 2. The highest BCUT2D eigenvalue weighted by atomic mass is 79.9. The second-order valence-corrected chi connectivity index (χ2v) is 8.90. The van der Waals surface area contributed by atoms with Crippen molar-refractivity contribution in [2.24, 2.45) is 0 Å². The molecule has 0 unspecified atom stereocenters. The number of carbonyl (C=O) groups excluding carboxylic acids is 2. The van der Waals surface area contributed by atoms with Crippen LogP contribution in [0, 0.1) is 0 Å². The molecule has 164 valence electrons. The van der Waals surface area contributed by atoms with Crippen molar-refractivity contribution in [2.45, 2.75) is 25.4 Å². The molecule has 33 heavy (non-hydrogen) atoms. The molecule has 2 aromatic carbocycles. The van der Waals surface area contributed by atoms with Gasteiger partial charge in [-0.15, -0.1) is 0 Å². The largest absolute Gasteiger partial charge is 0.349 e. The Morgan fingerprint density at radius 2 is 1.67 bits per heavy atom. The number of amides is 1. The summed E-state index contributed by atoms with van der Waals surface area (Å²) in [7, 11) is 0. The first-order valence-electron chi connectivity index (χ1n) is 10.7. The van der Waals surface area contributed by atoms with Gasteiger partial charge in [0.25, 0.3) is 5.91 Å². The van der Waals surface area contributed by atoms with E-state index in [1.165, 1.54) is 0 Å². The highest BCUT2D eigenvalue weighted by Crippen LogP contribution is 2.22. The van der Waals surface area contributed by atoms with Crippen LogP contribution in [0.2, 0.25) is 0 Å². The fourth-order valence-electron chi connectivity index (χ4n) is 3.87. The van der Waals surface area contributed by atoms with Crippen molar-refractivity contribution in [3.63, 3.8) is 0 Å². The van der Waals surface area contributed by atoms with Crippen molar-refractivity contribution in [1.82, 2.24) is 14.9 Å². The van der Waals surface area contributed by atoms with Crippen molar-refractivity contribution in [3.8, 4) is 0 Å². The molecule has 2 aromatic heterocycles. The molecule has 5 rings (SSSR count). The molecule has 1 aliphatic rings. The Balaban J connectivity index is 1.62. The summed E-state index contributed by atoms with van der Waals surface area (Å²) in [6.07, 6.45) is 3.47. The quantitative estimate of drug-likeness (QED) is 0.315. The molecule has 2 heterocycles. The zero-order chi connectivity index (χ0) is 22.9. The van der Waals surface area contributed by atoms with Crippen molar-refractivity contribution >= 4 is 38.5 Å². The third-order valence-electron chi connectivity index (χ3n) is 5.67. The number of hydrogen-bond donors (Lipinski definition) is 1. The van der Waals surface area contributed by atoms with Crippen LogP contribution >= 0.6 is 15.9 Å². The Morgan fingerprint density at radius 1 is 0.939 bits per heavy atom. The number of para-hydroxylation sites is 1. The molecule has 4 aromatic rings. The Hall–Kier alpha value is -3.58. The number of nitrogens with zero attached hydrogens (tertiary/aromatic N) is 2. The van der Waals surface area contributed by atoms with Gasteiger partial charge in [-0.2, -0.15) is 0 Å². The molecule has 7 heteroatoms. The second kappa shape index (κ2) is 8.75. The smallest absolute Gasteiger partial charge is 0.252 e. The highest BCUT2D eigenvalue weighted by Gasteiger charge is 2.27. The minimum atomic E-state index is -0.469. The van der Waals surface area contributed by atoms with Gasteiger partial charge in [0.2, 0.25) is 5.43 Å². The van der Waals surface area contributed by atoms with E-state index in [-0.39, 0.29) is 34.1 Å². The van der Waals surface area contributed by atoms with Crippen LogP contribution in [0.5, 0.6) is 0 Å². The van der Waals surface area contributed by atoms with E-state index in [0.29, 0.717) is 22.1 Å². The van der Waals surface area contributed by atoms with E-state index < -0.39 is 5.78 Å². The molecule has 1 N–H and O–H groups in total. The summed E-state index contributed by atoms with van der Waals surface area (Å²) >= 11 is 3.39. The molecule has 1 aliphatic carbocycles. The van der Waals surface area contributed by atoms with E-state index in [4.69, 9.17) is 0 Å². The molecule has 1 fully saturated rings. The van der Waals surface area contributed by atoms with Crippen molar-refractivity contribution in [2.75, 3.05) is 0 Å². The van der Waals surface area contributed by atoms with Crippen molar-refractivity contribution < 1.29 is 9.59 Å². The zero-order valence-corrected chi connectivity index (χ0v) is 19.2. The van der Waals surface area contributed by atoms with Gasteiger partial charge in [0.1, 0.15) is 4.60 Å². The molecule has 6 nitrogen and oxygen atoms in total. The van der Waals surface area contributed by atoms with Crippen LogP contribution in [0.1, 0.15) is 44.8 Å². The summed E-state index contributed by atoms with van der Waals surface area (Å²) in [6.45, 7) is 0.379. The lowest BCUT2D eigenvalue weighted by molar-refractivity contribution is 0.0939. The van der Waals surface area contributed by atoms with Crippen molar-refractivity contribution in [3.05, 3.63) is 110 Å². The number of fused-ring (bicyclic) bond motifs is 1. The first-order valence-corrected chi connectivity index (χ1v) is 11.5. The Labute approximate surface area is 198 Å². The minimum absolute atomic E-state index is 0.0235.